The molecular weight excluding hydrogens is 339 g/mol. The summed E-state index contributed by atoms with van der Waals surface area (Å²) in [6.07, 6.45) is 6.85. The van der Waals surface area contributed by atoms with E-state index < -0.39 is 6.17 Å². The molecule has 0 saturated carbocycles. The van der Waals surface area contributed by atoms with Crippen LogP contribution >= 0.6 is 0 Å². The van der Waals surface area contributed by atoms with E-state index in [1.165, 1.54) is 0 Å². The average Bonchev–Trinajstić information content (AvgIpc) is 2.72. The van der Waals surface area contributed by atoms with Crippen molar-refractivity contribution >= 4 is 0 Å². The maximum absolute atomic E-state index is 13.8. The second-order valence-corrected chi connectivity index (χ2v) is 6.82. The van der Waals surface area contributed by atoms with Crippen LogP contribution in [0.15, 0.2) is 60.9 Å². The maximum Gasteiger partial charge on any atom is 0.159 e. The number of halogens is 1. The molecule has 1 aromatic heterocycles. The average molecular weight is 364 g/mol. The number of unbranched alkanes of at least 4 members (excludes halogenated alkanes) is 1. The highest BCUT2D eigenvalue weighted by atomic mass is 19.1. The fraction of sp³-hybridized carbons (Fsp3) is 0.304. The van der Waals surface area contributed by atoms with Gasteiger partial charge in [-0.15, -0.1) is 0 Å². The molecule has 0 saturated heterocycles. The van der Waals surface area contributed by atoms with Gasteiger partial charge in [-0.1, -0.05) is 56.2 Å². The summed E-state index contributed by atoms with van der Waals surface area (Å²) in [5.41, 5.74) is 3.94. The SMILES string of the molecule is CCCC[C@H](F)CCc1ccc(-c2ncc(-c3ccc(O)cc3)cn2)cc1. The summed E-state index contributed by atoms with van der Waals surface area (Å²) in [6, 6.07) is 15.0. The molecular formula is C23H25FN2O. The molecule has 1 N–H and O–H groups in total. The number of aromatic nitrogens is 2. The Kier molecular flexibility index (Phi) is 6.53. The third kappa shape index (κ3) is 5.36. The molecule has 0 amide bonds. The molecule has 3 nitrogen and oxygen atoms in total. The first-order chi connectivity index (χ1) is 13.2. The summed E-state index contributed by atoms with van der Waals surface area (Å²) in [7, 11) is 0. The van der Waals surface area contributed by atoms with E-state index in [4.69, 9.17) is 0 Å². The van der Waals surface area contributed by atoms with Gasteiger partial charge in [-0.3, -0.25) is 0 Å². The van der Waals surface area contributed by atoms with Crippen molar-refractivity contribution < 1.29 is 9.50 Å². The molecule has 1 heterocycles. The Balaban J connectivity index is 1.62. The predicted molar refractivity (Wildman–Crippen MR) is 107 cm³/mol. The molecule has 3 aromatic rings. The Morgan fingerprint density at radius 1 is 0.852 bits per heavy atom. The third-order valence-corrected chi connectivity index (χ3v) is 4.68. The largest absolute Gasteiger partial charge is 0.508 e. The first kappa shape index (κ1) is 19.0. The highest BCUT2D eigenvalue weighted by molar-refractivity contribution is 5.64. The van der Waals surface area contributed by atoms with Crippen molar-refractivity contribution in [2.24, 2.45) is 0 Å². The van der Waals surface area contributed by atoms with E-state index in [1.807, 2.05) is 36.4 Å². The van der Waals surface area contributed by atoms with Crippen molar-refractivity contribution in [3.8, 4) is 28.3 Å². The number of phenolic OH excluding ortho intramolecular Hbond substituents is 1. The summed E-state index contributed by atoms with van der Waals surface area (Å²) in [5.74, 6) is 0.899. The lowest BCUT2D eigenvalue weighted by atomic mass is 10.0. The van der Waals surface area contributed by atoms with E-state index in [0.717, 1.165) is 41.5 Å². The number of alkyl halides is 1. The minimum atomic E-state index is -0.708. The maximum atomic E-state index is 13.8. The molecule has 3 rings (SSSR count). The normalized spacial score (nSPS) is 12.1. The zero-order valence-electron chi connectivity index (χ0n) is 15.6. The minimum Gasteiger partial charge on any atom is -0.508 e. The van der Waals surface area contributed by atoms with E-state index in [0.29, 0.717) is 18.7 Å². The van der Waals surface area contributed by atoms with Gasteiger partial charge in [-0.2, -0.15) is 0 Å². The van der Waals surface area contributed by atoms with Crippen LogP contribution in [0.3, 0.4) is 0 Å². The summed E-state index contributed by atoms with van der Waals surface area (Å²) in [6.45, 7) is 2.09. The zero-order chi connectivity index (χ0) is 19.1. The van der Waals surface area contributed by atoms with Crippen LogP contribution in [-0.4, -0.2) is 21.2 Å². The van der Waals surface area contributed by atoms with Crippen LogP contribution in [0.5, 0.6) is 5.75 Å². The van der Waals surface area contributed by atoms with E-state index in [9.17, 15) is 9.50 Å². The zero-order valence-corrected chi connectivity index (χ0v) is 15.6. The topological polar surface area (TPSA) is 46.0 Å². The van der Waals surface area contributed by atoms with Gasteiger partial charge >= 0.3 is 0 Å². The molecule has 0 unspecified atom stereocenters. The first-order valence-electron chi connectivity index (χ1n) is 9.50. The number of nitrogens with zero attached hydrogens (tertiary/aromatic N) is 2. The van der Waals surface area contributed by atoms with Gasteiger partial charge < -0.3 is 5.11 Å². The van der Waals surface area contributed by atoms with Crippen molar-refractivity contribution in [2.75, 3.05) is 0 Å². The lowest BCUT2D eigenvalue weighted by Gasteiger charge is -2.08. The van der Waals surface area contributed by atoms with Gasteiger partial charge in [0, 0.05) is 23.5 Å². The highest BCUT2D eigenvalue weighted by Crippen LogP contribution is 2.23. The Morgan fingerprint density at radius 2 is 1.48 bits per heavy atom. The summed E-state index contributed by atoms with van der Waals surface area (Å²) < 4.78 is 13.8. The van der Waals surface area contributed by atoms with E-state index >= 15 is 0 Å². The molecule has 4 heteroatoms. The minimum absolute atomic E-state index is 0.237. The van der Waals surface area contributed by atoms with Gasteiger partial charge in [0.05, 0.1) is 0 Å². The number of hydrogen-bond acceptors (Lipinski definition) is 3. The van der Waals surface area contributed by atoms with Crippen molar-refractivity contribution in [1.82, 2.24) is 9.97 Å². The van der Waals surface area contributed by atoms with Crippen LogP contribution in [0.25, 0.3) is 22.5 Å². The molecule has 0 aliphatic rings. The number of hydrogen-bond donors (Lipinski definition) is 1. The van der Waals surface area contributed by atoms with Crippen LogP contribution in [0, 0.1) is 0 Å². The quantitative estimate of drug-likeness (QED) is 0.535. The predicted octanol–water partition coefficient (Wildman–Crippen LogP) is 5.98. The molecule has 27 heavy (non-hydrogen) atoms. The smallest absolute Gasteiger partial charge is 0.159 e. The molecule has 0 aliphatic carbocycles. The van der Waals surface area contributed by atoms with Gasteiger partial charge in [0.15, 0.2) is 5.82 Å². The molecule has 140 valence electrons. The van der Waals surface area contributed by atoms with E-state index in [-0.39, 0.29) is 5.75 Å². The van der Waals surface area contributed by atoms with Gasteiger partial charge in [-0.25, -0.2) is 14.4 Å². The Hall–Kier alpha value is -2.75. The standard InChI is InChI=1S/C23H25FN2O/c1-2-3-4-21(24)12-7-17-5-8-19(9-6-17)23-25-15-20(16-26-23)18-10-13-22(27)14-11-18/h5-6,8-11,13-16,21,27H,2-4,7,12H2,1H3/t21-/m0/s1. The van der Waals surface area contributed by atoms with Crippen molar-refractivity contribution in [3.63, 3.8) is 0 Å². The lowest BCUT2D eigenvalue weighted by molar-refractivity contribution is 0.290. The van der Waals surface area contributed by atoms with Gasteiger partial charge in [0.2, 0.25) is 0 Å². The van der Waals surface area contributed by atoms with Crippen LogP contribution in [0.1, 0.15) is 38.2 Å². The fourth-order valence-corrected chi connectivity index (χ4v) is 2.99. The molecule has 2 aromatic carbocycles. The van der Waals surface area contributed by atoms with Gasteiger partial charge in [-0.05, 0) is 42.5 Å². The molecule has 0 spiro atoms. The second-order valence-electron chi connectivity index (χ2n) is 6.82. The first-order valence-corrected chi connectivity index (χ1v) is 9.50. The summed E-state index contributed by atoms with van der Waals surface area (Å²) in [4.78, 5) is 8.90. The van der Waals surface area contributed by atoms with E-state index in [1.54, 1.807) is 24.5 Å². The van der Waals surface area contributed by atoms with Crippen molar-refractivity contribution in [2.45, 2.75) is 45.2 Å². The van der Waals surface area contributed by atoms with E-state index in [2.05, 4.69) is 16.9 Å². The molecule has 0 radical (unpaired) electrons. The Morgan fingerprint density at radius 3 is 2.11 bits per heavy atom. The van der Waals surface area contributed by atoms with Crippen molar-refractivity contribution in [3.05, 3.63) is 66.5 Å². The van der Waals surface area contributed by atoms with Crippen LogP contribution < -0.4 is 0 Å². The number of aryl methyl sites for hydroxylation is 1. The molecule has 1 atom stereocenters. The molecule has 0 bridgehead atoms. The van der Waals surface area contributed by atoms with Crippen LogP contribution in [-0.2, 0) is 6.42 Å². The molecule has 0 aliphatic heterocycles. The van der Waals surface area contributed by atoms with Crippen molar-refractivity contribution in [1.29, 1.82) is 0 Å². The second kappa shape index (κ2) is 9.26. The molecule has 0 fully saturated rings. The number of aromatic hydroxyl groups is 1. The summed E-state index contributed by atoms with van der Waals surface area (Å²) >= 11 is 0. The monoisotopic (exact) mass is 364 g/mol. The number of benzene rings is 2. The van der Waals surface area contributed by atoms with Gasteiger partial charge in [0.1, 0.15) is 11.9 Å². The number of phenols is 1. The lowest BCUT2D eigenvalue weighted by Crippen LogP contribution is -2.02. The Labute approximate surface area is 159 Å². The number of rotatable bonds is 8. The van der Waals surface area contributed by atoms with Gasteiger partial charge in [0.25, 0.3) is 0 Å². The third-order valence-electron chi connectivity index (χ3n) is 4.68. The fourth-order valence-electron chi connectivity index (χ4n) is 2.99. The Bertz CT molecular complexity index is 830. The van der Waals surface area contributed by atoms with Crippen LogP contribution in [0.2, 0.25) is 0 Å². The van der Waals surface area contributed by atoms with Crippen LogP contribution in [0.4, 0.5) is 4.39 Å². The highest BCUT2D eigenvalue weighted by Gasteiger charge is 2.07. The summed E-state index contributed by atoms with van der Waals surface area (Å²) in [5, 5.41) is 9.37.